The first-order valence-corrected chi connectivity index (χ1v) is 13.3. The van der Waals surface area contributed by atoms with E-state index in [0.717, 1.165) is 35.9 Å². The van der Waals surface area contributed by atoms with Gasteiger partial charge in [-0.1, -0.05) is 27.7 Å². The summed E-state index contributed by atoms with van der Waals surface area (Å²) < 4.78 is 0. The molecule has 3 heteroatoms. The molecule has 0 radical (unpaired) electrons. The molecule has 0 amide bonds. The number of fused-ring (bicyclic) bond motifs is 7. The van der Waals surface area contributed by atoms with E-state index in [4.69, 9.17) is 0 Å². The molecule has 4 bridgehead atoms. The van der Waals surface area contributed by atoms with Gasteiger partial charge in [-0.2, -0.15) is 0 Å². The fourth-order valence-corrected chi connectivity index (χ4v) is 6.77. The van der Waals surface area contributed by atoms with Crippen LogP contribution in [0.4, 0.5) is 0 Å². The van der Waals surface area contributed by atoms with Gasteiger partial charge in [0.25, 0.3) is 0 Å². The van der Waals surface area contributed by atoms with Gasteiger partial charge in [0.2, 0.25) is 0 Å². The van der Waals surface area contributed by atoms with E-state index in [-0.39, 0.29) is 0 Å². The molecular formula is C26H51N3. The molecule has 7 rings (SSSR count). The second-order valence-electron chi connectivity index (χ2n) is 10.6. The molecular weight excluding hydrogens is 354 g/mol. The number of nitrogens with zero attached hydrogens (tertiary/aromatic N) is 3. The Labute approximate surface area is 182 Å². The Kier molecular flexibility index (Phi) is 9.32. The molecule has 5 unspecified atom stereocenters. The van der Waals surface area contributed by atoms with Crippen LogP contribution < -0.4 is 0 Å². The summed E-state index contributed by atoms with van der Waals surface area (Å²) in [6.45, 7) is 15.7. The SMILES string of the molecule is C1CC2CCN(C1)CC2.CC.CC1CCC2CCC1N2C.CC1CCN2CCC12. The number of hydrogen-bond acceptors (Lipinski definition) is 3. The lowest BCUT2D eigenvalue weighted by atomic mass is 9.93. The Bertz CT molecular complexity index is 435. The van der Waals surface area contributed by atoms with Crippen LogP contribution in [0.2, 0.25) is 0 Å². The van der Waals surface area contributed by atoms with E-state index in [0.29, 0.717) is 0 Å². The molecule has 0 saturated carbocycles. The first kappa shape index (κ1) is 23.5. The molecule has 0 aromatic rings. The summed E-state index contributed by atoms with van der Waals surface area (Å²) >= 11 is 0. The van der Waals surface area contributed by atoms with Crippen LogP contribution in [0.5, 0.6) is 0 Å². The van der Waals surface area contributed by atoms with Crippen molar-refractivity contribution in [3.05, 3.63) is 0 Å². The fourth-order valence-electron chi connectivity index (χ4n) is 6.77. The third-order valence-corrected chi connectivity index (χ3v) is 9.01. The highest BCUT2D eigenvalue weighted by Gasteiger charge is 2.38. The van der Waals surface area contributed by atoms with Crippen LogP contribution in [-0.2, 0) is 0 Å². The highest BCUT2D eigenvalue weighted by Crippen LogP contribution is 2.37. The molecule has 0 N–H and O–H groups in total. The van der Waals surface area contributed by atoms with Crippen LogP contribution in [0.25, 0.3) is 0 Å². The molecule has 29 heavy (non-hydrogen) atoms. The highest BCUT2D eigenvalue weighted by atomic mass is 15.2. The summed E-state index contributed by atoms with van der Waals surface area (Å²) in [6, 6.07) is 2.87. The average molecular weight is 406 g/mol. The molecule has 5 atom stereocenters. The van der Waals surface area contributed by atoms with Gasteiger partial charge in [0, 0.05) is 18.1 Å². The maximum absolute atomic E-state index is 2.61. The van der Waals surface area contributed by atoms with Gasteiger partial charge in [0.1, 0.15) is 0 Å². The summed E-state index contributed by atoms with van der Waals surface area (Å²) in [5.74, 6) is 3.07. The predicted molar refractivity (Wildman–Crippen MR) is 126 cm³/mol. The quantitative estimate of drug-likeness (QED) is 0.527. The topological polar surface area (TPSA) is 9.72 Å². The van der Waals surface area contributed by atoms with E-state index in [1.165, 1.54) is 96.9 Å². The van der Waals surface area contributed by atoms with Crippen molar-refractivity contribution in [1.29, 1.82) is 0 Å². The number of piperidine rings is 2. The molecule has 170 valence electrons. The van der Waals surface area contributed by atoms with Crippen LogP contribution in [-0.4, -0.2) is 72.6 Å². The second kappa shape index (κ2) is 11.5. The number of rotatable bonds is 0. The predicted octanol–water partition coefficient (Wildman–Crippen LogP) is 5.50. The lowest BCUT2D eigenvalue weighted by molar-refractivity contribution is 0.119. The summed E-state index contributed by atoms with van der Waals surface area (Å²) in [4.78, 5) is 7.82. The zero-order valence-electron chi connectivity index (χ0n) is 20.4. The average Bonchev–Trinajstić information content (AvgIpc) is 2.98. The molecule has 3 nitrogen and oxygen atoms in total. The molecule has 0 aromatic heterocycles. The highest BCUT2D eigenvalue weighted by molar-refractivity contribution is 4.93. The normalized spacial score (nSPS) is 42.7. The Hall–Kier alpha value is -0.120. The smallest absolute Gasteiger partial charge is 0.0133 e. The standard InChI is InChI=1S/C9H17N.C8H15N.C7H13N.C2H6/c1-7-3-4-8-5-6-9(7)10(8)2;1-2-8-3-6-9(5-1)7-4-8;1-6-2-4-8-5-3-7(6)8;1-2/h7-9H,3-6H2,1-2H3;8H,1-7H2;6-7H,2-5H2,1H3;1-2H3. The maximum Gasteiger partial charge on any atom is 0.0133 e. The van der Waals surface area contributed by atoms with E-state index < -0.39 is 0 Å². The monoisotopic (exact) mass is 405 g/mol. The Morgan fingerprint density at radius 2 is 1.24 bits per heavy atom. The van der Waals surface area contributed by atoms with Crippen molar-refractivity contribution in [1.82, 2.24) is 14.7 Å². The van der Waals surface area contributed by atoms with E-state index >= 15 is 0 Å². The minimum absolute atomic E-state index is 0.929. The molecule has 0 aromatic carbocycles. The van der Waals surface area contributed by atoms with Gasteiger partial charge in [-0.3, -0.25) is 0 Å². The fraction of sp³-hybridized carbons (Fsp3) is 1.00. The minimum Gasteiger partial charge on any atom is -0.303 e. The van der Waals surface area contributed by atoms with Gasteiger partial charge in [-0.25, -0.2) is 0 Å². The molecule has 0 spiro atoms. The summed E-state index contributed by atoms with van der Waals surface area (Å²) in [6.07, 6.45) is 14.7. The molecule has 7 aliphatic rings. The van der Waals surface area contributed by atoms with Gasteiger partial charge in [-0.05, 0) is 122 Å². The Morgan fingerprint density at radius 1 is 0.586 bits per heavy atom. The third kappa shape index (κ3) is 5.98. The van der Waals surface area contributed by atoms with Gasteiger partial charge in [-0.15, -0.1) is 0 Å². The molecule has 0 aliphatic carbocycles. The summed E-state index contributed by atoms with van der Waals surface area (Å²) in [5.41, 5.74) is 0. The van der Waals surface area contributed by atoms with Crippen molar-refractivity contribution in [2.45, 2.75) is 110 Å². The molecule has 7 fully saturated rings. The van der Waals surface area contributed by atoms with Gasteiger partial charge in [0.15, 0.2) is 0 Å². The molecule has 7 aliphatic heterocycles. The van der Waals surface area contributed by atoms with E-state index in [2.05, 4.69) is 35.6 Å². The Balaban J connectivity index is 0.000000120. The van der Waals surface area contributed by atoms with Crippen molar-refractivity contribution < 1.29 is 0 Å². The van der Waals surface area contributed by atoms with Crippen LogP contribution in [0.15, 0.2) is 0 Å². The summed E-state index contributed by atoms with van der Waals surface area (Å²) in [5, 5.41) is 0. The van der Waals surface area contributed by atoms with E-state index in [1.807, 2.05) is 13.8 Å². The van der Waals surface area contributed by atoms with Crippen LogP contribution >= 0.6 is 0 Å². The lowest BCUT2D eigenvalue weighted by Gasteiger charge is -2.36. The molecule has 7 saturated heterocycles. The summed E-state index contributed by atoms with van der Waals surface area (Å²) in [7, 11) is 2.30. The largest absolute Gasteiger partial charge is 0.303 e. The number of hydrogen-bond donors (Lipinski definition) is 0. The van der Waals surface area contributed by atoms with Gasteiger partial charge < -0.3 is 14.7 Å². The van der Waals surface area contributed by atoms with Crippen molar-refractivity contribution in [2.24, 2.45) is 17.8 Å². The van der Waals surface area contributed by atoms with Crippen LogP contribution in [0, 0.1) is 17.8 Å². The maximum atomic E-state index is 2.61. The second-order valence-corrected chi connectivity index (χ2v) is 10.6. The zero-order valence-corrected chi connectivity index (χ0v) is 20.4. The lowest BCUT2D eigenvalue weighted by Crippen LogP contribution is -2.44. The van der Waals surface area contributed by atoms with E-state index in [1.54, 1.807) is 0 Å². The first-order chi connectivity index (χ1) is 14.1. The van der Waals surface area contributed by atoms with Crippen LogP contribution in [0.3, 0.4) is 0 Å². The van der Waals surface area contributed by atoms with Crippen molar-refractivity contribution in [3.8, 4) is 0 Å². The minimum atomic E-state index is 0.929. The van der Waals surface area contributed by atoms with Gasteiger partial charge in [0.05, 0.1) is 0 Å². The van der Waals surface area contributed by atoms with Gasteiger partial charge >= 0.3 is 0 Å². The van der Waals surface area contributed by atoms with Crippen molar-refractivity contribution >= 4 is 0 Å². The van der Waals surface area contributed by atoms with Crippen molar-refractivity contribution in [3.63, 3.8) is 0 Å². The van der Waals surface area contributed by atoms with Crippen LogP contribution in [0.1, 0.15) is 91.9 Å². The zero-order chi connectivity index (χ0) is 20.8. The molecule has 7 heterocycles. The Morgan fingerprint density at radius 3 is 1.79 bits per heavy atom. The third-order valence-electron chi connectivity index (χ3n) is 9.01. The van der Waals surface area contributed by atoms with Crippen molar-refractivity contribution in [2.75, 3.05) is 39.8 Å². The van der Waals surface area contributed by atoms with E-state index in [9.17, 15) is 0 Å². The first-order valence-electron chi connectivity index (χ1n) is 13.3.